The largest absolute Gasteiger partial charge is 0.0952 e. The predicted octanol–water partition coefficient (Wildman–Crippen LogP) is 6.08. The topological polar surface area (TPSA) is 0 Å². The van der Waals surface area contributed by atoms with Gasteiger partial charge in [-0.2, -0.15) is 0 Å². The zero-order valence-corrected chi connectivity index (χ0v) is 13.6. The fourth-order valence-corrected chi connectivity index (χ4v) is 3.51. The lowest BCUT2D eigenvalue weighted by molar-refractivity contribution is 0.687. The van der Waals surface area contributed by atoms with E-state index in [2.05, 4.69) is 46.4 Å². The highest BCUT2D eigenvalue weighted by atomic mass is 14.2. The van der Waals surface area contributed by atoms with Gasteiger partial charge in [-0.15, -0.1) is 0 Å². The number of allylic oxidation sites excluding steroid dienone is 3. The highest BCUT2D eigenvalue weighted by molar-refractivity contribution is 5.71. The van der Waals surface area contributed by atoms with E-state index in [0.29, 0.717) is 0 Å². The van der Waals surface area contributed by atoms with Crippen molar-refractivity contribution in [2.24, 2.45) is 0 Å². The Morgan fingerprint density at radius 2 is 1.90 bits per heavy atom. The van der Waals surface area contributed by atoms with Crippen LogP contribution in [0.3, 0.4) is 0 Å². The van der Waals surface area contributed by atoms with Crippen molar-refractivity contribution in [2.45, 2.75) is 66.2 Å². The Kier molecular flexibility index (Phi) is 4.86. The summed E-state index contributed by atoms with van der Waals surface area (Å²) in [5, 5.41) is 0. The average molecular weight is 268 g/mol. The molecule has 0 radical (unpaired) electrons. The normalized spacial score (nSPS) is 15.1. The standard InChI is InChI=1S/C20H28/c1-6-14(2)20-16(4)12-15(3)19(17(20)5)13-18-10-8-7-9-11-18/h10,12H,2,6-9,11,13H2,1,3-5H3. The summed E-state index contributed by atoms with van der Waals surface area (Å²) < 4.78 is 0. The molecule has 0 atom stereocenters. The number of hydrogen-bond donors (Lipinski definition) is 0. The average Bonchev–Trinajstić information content (AvgIpc) is 2.44. The van der Waals surface area contributed by atoms with Crippen molar-refractivity contribution >= 4 is 5.57 Å². The minimum Gasteiger partial charge on any atom is -0.0952 e. The van der Waals surface area contributed by atoms with Gasteiger partial charge >= 0.3 is 0 Å². The summed E-state index contributed by atoms with van der Waals surface area (Å²) in [6.45, 7) is 13.2. The van der Waals surface area contributed by atoms with Crippen molar-refractivity contribution in [2.75, 3.05) is 0 Å². The van der Waals surface area contributed by atoms with Crippen LogP contribution in [0.1, 0.15) is 66.8 Å². The molecule has 0 fully saturated rings. The third kappa shape index (κ3) is 3.06. The Morgan fingerprint density at radius 1 is 1.15 bits per heavy atom. The maximum atomic E-state index is 4.27. The smallest absolute Gasteiger partial charge is 0.00617 e. The summed E-state index contributed by atoms with van der Waals surface area (Å²) in [5.41, 5.74) is 10.1. The van der Waals surface area contributed by atoms with Crippen LogP contribution in [0.15, 0.2) is 24.3 Å². The SMILES string of the molecule is C=C(CC)c1c(C)cc(C)c(CC2=CCCCC2)c1C. The summed E-state index contributed by atoms with van der Waals surface area (Å²) in [7, 11) is 0. The minimum absolute atomic E-state index is 1.03. The van der Waals surface area contributed by atoms with Gasteiger partial charge in [-0.05, 0) is 92.7 Å². The van der Waals surface area contributed by atoms with Gasteiger partial charge in [-0.1, -0.05) is 31.2 Å². The molecule has 0 heteroatoms. The first-order valence-corrected chi connectivity index (χ1v) is 8.00. The molecule has 1 aromatic rings. The number of rotatable bonds is 4. The van der Waals surface area contributed by atoms with Gasteiger partial charge in [0.2, 0.25) is 0 Å². The molecule has 0 spiro atoms. The van der Waals surface area contributed by atoms with Crippen LogP contribution in [0.5, 0.6) is 0 Å². The maximum absolute atomic E-state index is 4.27. The predicted molar refractivity (Wildman–Crippen MR) is 90.2 cm³/mol. The van der Waals surface area contributed by atoms with Crippen LogP contribution in [-0.2, 0) is 6.42 Å². The Morgan fingerprint density at radius 3 is 2.50 bits per heavy atom. The van der Waals surface area contributed by atoms with E-state index >= 15 is 0 Å². The van der Waals surface area contributed by atoms with E-state index in [1.165, 1.54) is 59.1 Å². The van der Waals surface area contributed by atoms with Crippen LogP contribution >= 0.6 is 0 Å². The molecular weight excluding hydrogens is 240 g/mol. The number of benzene rings is 1. The molecule has 1 aromatic carbocycles. The second kappa shape index (κ2) is 6.43. The molecule has 0 aromatic heterocycles. The van der Waals surface area contributed by atoms with E-state index in [1.807, 2.05) is 0 Å². The zero-order chi connectivity index (χ0) is 14.7. The van der Waals surface area contributed by atoms with Crippen molar-refractivity contribution < 1.29 is 0 Å². The summed E-state index contributed by atoms with van der Waals surface area (Å²) >= 11 is 0. The lowest BCUT2D eigenvalue weighted by Crippen LogP contribution is -2.04. The molecule has 0 saturated heterocycles. The van der Waals surface area contributed by atoms with Crippen molar-refractivity contribution in [1.29, 1.82) is 0 Å². The summed E-state index contributed by atoms with van der Waals surface area (Å²) in [4.78, 5) is 0. The first-order chi connectivity index (χ1) is 9.54. The second-order valence-electron chi connectivity index (χ2n) is 6.23. The van der Waals surface area contributed by atoms with Crippen molar-refractivity contribution in [3.63, 3.8) is 0 Å². The molecule has 20 heavy (non-hydrogen) atoms. The van der Waals surface area contributed by atoms with E-state index < -0.39 is 0 Å². The van der Waals surface area contributed by atoms with Gasteiger partial charge in [0.25, 0.3) is 0 Å². The van der Waals surface area contributed by atoms with Crippen molar-refractivity contribution in [3.05, 3.63) is 52.1 Å². The van der Waals surface area contributed by atoms with Crippen molar-refractivity contribution in [1.82, 2.24) is 0 Å². The quantitative estimate of drug-likeness (QED) is 0.581. The minimum atomic E-state index is 1.03. The van der Waals surface area contributed by atoms with Crippen molar-refractivity contribution in [3.8, 4) is 0 Å². The van der Waals surface area contributed by atoms with Crippen LogP contribution in [0.4, 0.5) is 0 Å². The van der Waals surface area contributed by atoms with Gasteiger partial charge in [0.1, 0.15) is 0 Å². The molecule has 108 valence electrons. The van der Waals surface area contributed by atoms with Gasteiger partial charge < -0.3 is 0 Å². The molecule has 0 saturated carbocycles. The molecular formula is C20H28. The van der Waals surface area contributed by atoms with E-state index in [0.717, 1.165) is 12.8 Å². The maximum Gasteiger partial charge on any atom is -0.00617 e. The molecule has 0 amide bonds. The Labute approximate surface area is 124 Å². The second-order valence-corrected chi connectivity index (χ2v) is 6.23. The van der Waals surface area contributed by atoms with Gasteiger partial charge in [0.15, 0.2) is 0 Å². The van der Waals surface area contributed by atoms with E-state index in [-0.39, 0.29) is 0 Å². The summed E-state index contributed by atoms with van der Waals surface area (Å²) in [5.74, 6) is 0. The molecule has 1 aliphatic rings. The van der Waals surface area contributed by atoms with Crippen LogP contribution in [-0.4, -0.2) is 0 Å². The highest BCUT2D eigenvalue weighted by Crippen LogP contribution is 2.31. The molecule has 0 unspecified atom stereocenters. The first-order valence-electron chi connectivity index (χ1n) is 8.00. The molecule has 2 rings (SSSR count). The zero-order valence-electron chi connectivity index (χ0n) is 13.6. The summed E-state index contributed by atoms with van der Waals surface area (Å²) in [6, 6.07) is 2.35. The Balaban J connectivity index is 2.42. The fourth-order valence-electron chi connectivity index (χ4n) is 3.51. The van der Waals surface area contributed by atoms with Gasteiger partial charge in [0.05, 0.1) is 0 Å². The van der Waals surface area contributed by atoms with E-state index in [9.17, 15) is 0 Å². The lowest BCUT2D eigenvalue weighted by atomic mass is 9.84. The molecule has 0 N–H and O–H groups in total. The van der Waals surface area contributed by atoms with Crippen LogP contribution < -0.4 is 0 Å². The molecule has 1 aliphatic carbocycles. The summed E-state index contributed by atoms with van der Waals surface area (Å²) in [6.07, 6.45) is 9.94. The first kappa shape index (κ1) is 15.1. The number of hydrogen-bond acceptors (Lipinski definition) is 0. The molecule has 0 heterocycles. The van der Waals surface area contributed by atoms with E-state index in [1.54, 1.807) is 5.57 Å². The monoisotopic (exact) mass is 268 g/mol. The van der Waals surface area contributed by atoms with Crippen LogP contribution in [0.25, 0.3) is 5.57 Å². The third-order valence-corrected chi connectivity index (χ3v) is 4.70. The van der Waals surface area contributed by atoms with Gasteiger partial charge in [-0.25, -0.2) is 0 Å². The molecule has 0 nitrogen and oxygen atoms in total. The third-order valence-electron chi connectivity index (χ3n) is 4.70. The van der Waals surface area contributed by atoms with Crippen LogP contribution in [0.2, 0.25) is 0 Å². The Bertz CT molecular complexity index is 544. The molecule has 0 aliphatic heterocycles. The van der Waals surface area contributed by atoms with E-state index in [4.69, 9.17) is 0 Å². The molecule has 0 bridgehead atoms. The van der Waals surface area contributed by atoms with Gasteiger partial charge in [0, 0.05) is 0 Å². The Hall–Kier alpha value is -1.30. The highest BCUT2D eigenvalue weighted by Gasteiger charge is 2.14. The fraction of sp³-hybridized carbons (Fsp3) is 0.500. The lowest BCUT2D eigenvalue weighted by Gasteiger charge is -2.21. The van der Waals surface area contributed by atoms with Crippen LogP contribution in [0, 0.1) is 20.8 Å². The van der Waals surface area contributed by atoms with Gasteiger partial charge in [-0.3, -0.25) is 0 Å². The number of aryl methyl sites for hydroxylation is 2.